The number of anilines is 1. The Balaban J connectivity index is 1.75. The summed E-state index contributed by atoms with van der Waals surface area (Å²) in [6.07, 6.45) is 3.59. The number of nitrogens with one attached hydrogen (secondary N) is 1. The van der Waals surface area contributed by atoms with Gasteiger partial charge in [-0.15, -0.1) is 0 Å². The van der Waals surface area contributed by atoms with E-state index in [9.17, 15) is 0 Å². The van der Waals surface area contributed by atoms with Gasteiger partial charge in [0.05, 0.1) is 0 Å². The summed E-state index contributed by atoms with van der Waals surface area (Å²) in [6, 6.07) is 19.7. The maximum atomic E-state index is 5.92. The van der Waals surface area contributed by atoms with Gasteiger partial charge in [0.15, 0.2) is 0 Å². The number of ether oxygens (including phenoxy) is 1. The third kappa shape index (κ3) is 4.09. The van der Waals surface area contributed by atoms with Gasteiger partial charge < -0.3 is 15.0 Å². The fourth-order valence-electron chi connectivity index (χ4n) is 3.42. The predicted molar refractivity (Wildman–Crippen MR) is 101 cm³/mol. The molecule has 3 heteroatoms. The van der Waals surface area contributed by atoms with Gasteiger partial charge in [0.25, 0.3) is 0 Å². The number of para-hydroxylation sites is 1. The lowest BCUT2D eigenvalue weighted by molar-refractivity contribution is 0.402. The summed E-state index contributed by atoms with van der Waals surface area (Å²) in [6.45, 7) is 6.83. The highest BCUT2D eigenvalue weighted by atomic mass is 16.5. The number of piperidine rings is 1. The predicted octanol–water partition coefficient (Wildman–Crippen LogP) is 4.84. The molecular formula is C21H28N2O. The Hall–Kier alpha value is -2.00. The van der Waals surface area contributed by atoms with E-state index in [1.54, 1.807) is 0 Å². The van der Waals surface area contributed by atoms with Crippen molar-refractivity contribution in [1.82, 2.24) is 5.32 Å². The van der Waals surface area contributed by atoms with Crippen LogP contribution in [0.1, 0.15) is 33.1 Å². The molecule has 0 aliphatic carbocycles. The maximum Gasteiger partial charge on any atom is 0.127 e. The summed E-state index contributed by atoms with van der Waals surface area (Å²) in [7, 11) is 0. The van der Waals surface area contributed by atoms with E-state index in [2.05, 4.69) is 48.3 Å². The van der Waals surface area contributed by atoms with Crippen LogP contribution in [0.15, 0.2) is 54.6 Å². The number of nitrogens with zero attached hydrogens (tertiary/aromatic N) is 1. The van der Waals surface area contributed by atoms with Gasteiger partial charge in [-0.1, -0.05) is 25.1 Å². The molecule has 1 fully saturated rings. The molecule has 1 atom stereocenters. The summed E-state index contributed by atoms with van der Waals surface area (Å²) in [5, 5.41) is 3.47. The van der Waals surface area contributed by atoms with E-state index in [4.69, 9.17) is 4.74 Å². The Kier molecular flexibility index (Phi) is 5.76. The molecule has 3 nitrogen and oxygen atoms in total. The molecule has 1 saturated heterocycles. The van der Waals surface area contributed by atoms with Gasteiger partial charge in [0, 0.05) is 17.8 Å². The molecule has 1 unspecified atom stereocenters. The molecule has 128 valence electrons. The minimum atomic E-state index is 0.550. The number of hydrogen-bond donors (Lipinski definition) is 1. The van der Waals surface area contributed by atoms with E-state index in [1.165, 1.54) is 18.5 Å². The molecule has 2 aromatic carbocycles. The molecule has 1 N–H and O–H groups in total. The molecular weight excluding hydrogens is 296 g/mol. The maximum absolute atomic E-state index is 5.92. The second-order valence-corrected chi connectivity index (χ2v) is 6.55. The van der Waals surface area contributed by atoms with E-state index < -0.39 is 0 Å². The number of rotatable bonds is 6. The van der Waals surface area contributed by atoms with Crippen molar-refractivity contribution in [3.8, 4) is 11.5 Å². The second kappa shape index (κ2) is 8.20. The normalized spacial score (nSPS) is 16.6. The van der Waals surface area contributed by atoms with Crippen molar-refractivity contribution in [2.24, 2.45) is 0 Å². The average Bonchev–Trinajstić information content (AvgIpc) is 2.65. The van der Waals surface area contributed by atoms with Crippen molar-refractivity contribution in [3.05, 3.63) is 54.6 Å². The fraction of sp³-hybridized carbons (Fsp3) is 0.429. The Morgan fingerprint density at radius 2 is 1.62 bits per heavy atom. The van der Waals surface area contributed by atoms with E-state index in [1.807, 2.05) is 30.3 Å². The van der Waals surface area contributed by atoms with Crippen LogP contribution in [0.2, 0.25) is 0 Å². The highest BCUT2D eigenvalue weighted by Crippen LogP contribution is 2.29. The average molecular weight is 324 g/mol. The van der Waals surface area contributed by atoms with Crippen molar-refractivity contribution < 1.29 is 4.74 Å². The molecule has 0 radical (unpaired) electrons. The largest absolute Gasteiger partial charge is 0.457 e. The molecule has 24 heavy (non-hydrogen) atoms. The minimum Gasteiger partial charge on any atom is -0.457 e. The number of hydrogen-bond acceptors (Lipinski definition) is 3. The van der Waals surface area contributed by atoms with Gasteiger partial charge in [-0.25, -0.2) is 0 Å². The quantitative estimate of drug-likeness (QED) is 0.823. The number of benzene rings is 2. The minimum absolute atomic E-state index is 0.550. The molecule has 2 aromatic rings. The summed E-state index contributed by atoms with van der Waals surface area (Å²) in [4.78, 5) is 2.60. The lowest BCUT2D eigenvalue weighted by atomic mass is 10.0. The first-order valence-corrected chi connectivity index (χ1v) is 9.10. The van der Waals surface area contributed by atoms with Gasteiger partial charge in [-0.2, -0.15) is 0 Å². The zero-order valence-electron chi connectivity index (χ0n) is 14.7. The van der Waals surface area contributed by atoms with E-state index in [0.717, 1.165) is 31.0 Å². The van der Waals surface area contributed by atoms with Gasteiger partial charge in [0.2, 0.25) is 0 Å². The van der Waals surface area contributed by atoms with Crippen LogP contribution in [-0.4, -0.2) is 25.2 Å². The van der Waals surface area contributed by atoms with Gasteiger partial charge in [-0.05, 0) is 75.7 Å². The monoisotopic (exact) mass is 324 g/mol. The molecule has 0 amide bonds. The summed E-state index contributed by atoms with van der Waals surface area (Å²) >= 11 is 0. The first kappa shape index (κ1) is 16.8. The first-order chi connectivity index (χ1) is 11.8. The standard InChI is InChI=1S/C21H28N2O/c1-3-17(2)23(19-13-15-22-16-14-19)18-9-11-21(12-10-18)24-20-7-5-4-6-8-20/h4-12,17,19,22H,3,13-16H2,1-2H3. The molecule has 0 bridgehead atoms. The molecule has 0 saturated carbocycles. The molecule has 1 heterocycles. The van der Waals surface area contributed by atoms with Crippen LogP contribution in [0, 0.1) is 0 Å². The van der Waals surface area contributed by atoms with Crippen LogP contribution in [0.3, 0.4) is 0 Å². The van der Waals surface area contributed by atoms with E-state index in [0.29, 0.717) is 12.1 Å². The van der Waals surface area contributed by atoms with E-state index >= 15 is 0 Å². The van der Waals surface area contributed by atoms with Crippen LogP contribution >= 0.6 is 0 Å². The summed E-state index contributed by atoms with van der Waals surface area (Å²) in [5.74, 6) is 1.77. The Labute approximate surface area is 145 Å². The third-order valence-corrected chi connectivity index (χ3v) is 4.88. The van der Waals surface area contributed by atoms with Crippen LogP contribution in [0.4, 0.5) is 5.69 Å². The molecule has 1 aliphatic rings. The highest BCUT2D eigenvalue weighted by Gasteiger charge is 2.24. The summed E-state index contributed by atoms with van der Waals surface area (Å²) < 4.78 is 5.92. The van der Waals surface area contributed by atoms with Crippen molar-refractivity contribution in [3.63, 3.8) is 0 Å². The smallest absolute Gasteiger partial charge is 0.127 e. The Morgan fingerprint density at radius 3 is 2.25 bits per heavy atom. The molecule has 0 spiro atoms. The molecule has 0 aromatic heterocycles. The first-order valence-electron chi connectivity index (χ1n) is 9.10. The zero-order valence-corrected chi connectivity index (χ0v) is 14.7. The second-order valence-electron chi connectivity index (χ2n) is 6.55. The van der Waals surface area contributed by atoms with Crippen molar-refractivity contribution >= 4 is 5.69 Å². The Morgan fingerprint density at radius 1 is 1.00 bits per heavy atom. The van der Waals surface area contributed by atoms with Gasteiger partial charge >= 0.3 is 0 Å². The van der Waals surface area contributed by atoms with Crippen molar-refractivity contribution in [2.45, 2.75) is 45.2 Å². The zero-order chi connectivity index (χ0) is 16.8. The highest BCUT2D eigenvalue weighted by molar-refractivity contribution is 5.51. The lowest BCUT2D eigenvalue weighted by Gasteiger charge is -2.40. The van der Waals surface area contributed by atoms with Crippen LogP contribution in [-0.2, 0) is 0 Å². The van der Waals surface area contributed by atoms with Gasteiger partial charge in [-0.3, -0.25) is 0 Å². The third-order valence-electron chi connectivity index (χ3n) is 4.88. The lowest BCUT2D eigenvalue weighted by Crippen LogP contribution is -2.47. The van der Waals surface area contributed by atoms with E-state index in [-0.39, 0.29) is 0 Å². The summed E-state index contributed by atoms with van der Waals surface area (Å²) in [5.41, 5.74) is 1.30. The molecule has 3 rings (SSSR count). The fourth-order valence-corrected chi connectivity index (χ4v) is 3.42. The van der Waals surface area contributed by atoms with Gasteiger partial charge in [0.1, 0.15) is 11.5 Å². The van der Waals surface area contributed by atoms with Crippen LogP contribution in [0.5, 0.6) is 11.5 Å². The van der Waals surface area contributed by atoms with Crippen molar-refractivity contribution in [1.29, 1.82) is 0 Å². The van der Waals surface area contributed by atoms with Crippen LogP contribution < -0.4 is 15.0 Å². The molecule has 1 aliphatic heterocycles. The Bertz CT molecular complexity index is 605. The SMILES string of the molecule is CCC(C)N(c1ccc(Oc2ccccc2)cc1)C1CCNCC1. The van der Waals surface area contributed by atoms with Crippen LogP contribution in [0.25, 0.3) is 0 Å². The van der Waals surface area contributed by atoms with Crippen molar-refractivity contribution in [2.75, 3.05) is 18.0 Å². The topological polar surface area (TPSA) is 24.5 Å².